The number of aliphatic hydroxyl groups excluding tert-OH is 6. The van der Waals surface area contributed by atoms with E-state index in [1.54, 1.807) is 76.3 Å². The largest absolute Gasteiger partial charge is 0.388 e. The number of likely N-dealkylation sites (tertiary alicyclic amines) is 5. The summed E-state index contributed by atoms with van der Waals surface area (Å²) in [7, 11) is 0. The van der Waals surface area contributed by atoms with E-state index in [4.69, 9.17) is 79.5 Å². The summed E-state index contributed by atoms with van der Waals surface area (Å²) in [6, 6.07) is 26.7. The first kappa shape index (κ1) is 104. The molecule has 7 atom stereocenters. The number of H-pyrrole nitrogens is 5. The quantitative estimate of drug-likeness (QED) is 0.0235. The molecular weight excluding hydrogens is 1820 g/mol. The summed E-state index contributed by atoms with van der Waals surface area (Å²) < 4.78 is 0. The van der Waals surface area contributed by atoms with Crippen molar-refractivity contribution in [1.82, 2.24) is 86.4 Å². The maximum atomic E-state index is 12.5. The molecule has 726 valence electrons. The highest BCUT2D eigenvalue weighted by Gasteiger charge is 2.47. The molecule has 0 saturated carbocycles. The van der Waals surface area contributed by atoms with Gasteiger partial charge in [0.2, 0.25) is 11.8 Å². The standard InChI is InChI=1S/C24H29ClN4O3.C19H27ClN4O2.C19H26ClN3O3.C18H25ClN4O2.C17H23ClN4O3/c1-24(2,22(30)20-13-19(25)12-17-14-26-27-21(17)20)18-8-10-29(11-9-18)23(31)28-32-15-16-6-4-3-5-7-16;1-11(21)18(26)24-6-4-13(5-7-24)19(2,3)17(25)15-9-14(20)8-12-10-22-23-16(12)15;1-11(24)18(26)23-6-4-13(5-7-23)19(2,3)17(25)15-9-14(20)8-12-10-21-22-16(12)15;1-18(2,12-3-5-23(6-4-12)15(24)9-20)17(25)14-8-13(19)7-11-10-21-22-16(11)14;1-17(2,11-3-5-22(6-4-11)16(24)21-25)15(23)13-8-12(18)7-10-9-19-20-14(10)13/h3-7,12-14,18,22,30H,8-11,15H2,1-2H3,(H,26,27)(H,28,31);8-11,13,17,25H,4-7,21H2,1-3H3,(H,22,23);8-11,13,17,24-25H,4-7H2,1-3H3,(H,21,22);7-8,10,12,17,25H,3-6,9,20H2,1-2H3,(H,21,22);7-9,11,15,23,25H,3-6H2,1-2H3,(H,19,20)(H,21,24)/t22-;11-,17-;11-,17+;17-;15-/m11011/s1. The van der Waals surface area contributed by atoms with Crippen molar-refractivity contribution in [3.63, 3.8) is 0 Å². The van der Waals surface area contributed by atoms with Crippen LogP contribution in [0.1, 0.15) is 211 Å². The number of benzene rings is 6. The number of carbonyl (C=O) groups excluding carboxylic acids is 5. The topological polar surface area (TPSA) is 472 Å². The number of urea groups is 2. The van der Waals surface area contributed by atoms with E-state index in [1.165, 1.54) is 6.92 Å². The summed E-state index contributed by atoms with van der Waals surface area (Å²) in [5, 5.41) is 117. The second-order valence-electron chi connectivity index (χ2n) is 39.4. The number of fused-ring (bicyclic) bond motifs is 5. The molecule has 32 nitrogen and oxygen atoms in total. The minimum atomic E-state index is -0.967. The Balaban J connectivity index is 0.000000151. The number of amides is 7. The number of nitrogens with two attached hydrogens (primary N) is 2. The highest BCUT2D eigenvalue weighted by molar-refractivity contribution is 6.33. The van der Waals surface area contributed by atoms with Crippen LogP contribution in [0.4, 0.5) is 9.59 Å². The van der Waals surface area contributed by atoms with E-state index in [-0.39, 0.29) is 64.8 Å². The molecule has 5 saturated heterocycles. The summed E-state index contributed by atoms with van der Waals surface area (Å²) in [6.45, 7) is 30.4. The van der Waals surface area contributed by atoms with Gasteiger partial charge in [0, 0.05) is 145 Å². The molecule has 11 aromatic rings. The zero-order valence-electron chi connectivity index (χ0n) is 78.1. The van der Waals surface area contributed by atoms with E-state index >= 15 is 0 Å². The number of piperidine rings is 5. The maximum absolute atomic E-state index is 12.5. The number of halogens is 5. The Morgan fingerprint density at radius 1 is 0.396 bits per heavy atom. The van der Waals surface area contributed by atoms with Gasteiger partial charge < -0.3 is 66.6 Å². The van der Waals surface area contributed by atoms with Crippen molar-refractivity contribution in [3.05, 3.63) is 180 Å². The molecule has 134 heavy (non-hydrogen) atoms. The predicted octanol–water partition coefficient (Wildman–Crippen LogP) is 16.1. The fourth-order valence-corrected chi connectivity index (χ4v) is 21.4. The molecule has 16 rings (SSSR count). The Bertz CT molecular complexity index is 5540. The molecule has 10 heterocycles. The van der Waals surface area contributed by atoms with Crippen molar-refractivity contribution in [2.75, 3.05) is 72.0 Å². The van der Waals surface area contributed by atoms with Gasteiger partial charge in [0.15, 0.2) is 0 Å². The number of nitrogens with one attached hydrogen (secondary N) is 7. The molecule has 5 aliphatic rings. The van der Waals surface area contributed by atoms with E-state index < -0.39 is 64.9 Å². The molecule has 5 fully saturated rings. The Labute approximate surface area is 805 Å². The van der Waals surface area contributed by atoms with Crippen LogP contribution in [-0.2, 0) is 25.8 Å². The normalized spacial score (nSPS) is 17.9. The van der Waals surface area contributed by atoms with E-state index in [9.17, 15) is 54.6 Å². The molecular formula is C97H130Cl5N19O13. The van der Waals surface area contributed by atoms with Crippen molar-refractivity contribution in [3.8, 4) is 0 Å². The van der Waals surface area contributed by atoms with Gasteiger partial charge in [-0.15, -0.1) is 0 Å². The SMILES string of the molecule is CC(C)(C1CCN(C(=O)CN)CC1)[C@H](O)c1cc(Cl)cc2cn[nH]c12.CC(C)(C1CCN(C(=O)NO)CC1)[C@H](O)c1cc(Cl)cc2cn[nH]c12.CC(C)(C1CCN(C(=O)NOCc2ccccc2)CC1)[C@H](O)c1cc(Cl)cc2cn[nH]c12.C[C@@H](N)C(=O)N1CCC(C(C)(C)[C@H](O)c2cc(Cl)cc3cn[nH]c23)CC1.C[C@H](O)C(=O)N1CCC(C(C)(C)[C@H](O)c2cc(Cl)cc3cn[nH]c23)CC1. The van der Waals surface area contributed by atoms with Gasteiger partial charge >= 0.3 is 12.1 Å². The summed E-state index contributed by atoms with van der Waals surface area (Å²) in [4.78, 5) is 73.9. The fraction of sp³-hybridized carbons (Fsp3) is 0.526. The summed E-state index contributed by atoms with van der Waals surface area (Å²) in [5.74, 6) is 1.05. The van der Waals surface area contributed by atoms with Gasteiger partial charge in [-0.05, 0) is 201 Å². The number of nitrogens with zero attached hydrogens (tertiary/aromatic N) is 10. The summed E-state index contributed by atoms with van der Waals surface area (Å²) in [6.07, 6.45) is 12.1. The lowest BCUT2D eigenvalue weighted by atomic mass is 9.68. The lowest BCUT2D eigenvalue weighted by Gasteiger charge is -2.43. The van der Waals surface area contributed by atoms with Crippen LogP contribution in [-0.4, -0.2) is 225 Å². The van der Waals surface area contributed by atoms with Gasteiger partial charge in [0.25, 0.3) is 5.91 Å². The predicted molar refractivity (Wildman–Crippen MR) is 520 cm³/mol. The van der Waals surface area contributed by atoms with Gasteiger partial charge in [0.1, 0.15) is 6.10 Å². The zero-order chi connectivity index (χ0) is 97.2. The Morgan fingerprint density at radius 2 is 0.642 bits per heavy atom. The molecule has 6 aromatic carbocycles. The van der Waals surface area contributed by atoms with Crippen LogP contribution in [0.2, 0.25) is 25.1 Å². The van der Waals surface area contributed by atoms with Crippen molar-refractivity contribution in [1.29, 1.82) is 0 Å². The smallest absolute Gasteiger partial charge is 0.341 e. The molecule has 0 bridgehead atoms. The molecule has 0 aliphatic carbocycles. The Hall–Kier alpha value is -9.33. The first-order chi connectivity index (χ1) is 63.5. The van der Waals surface area contributed by atoms with Crippen molar-refractivity contribution >= 4 is 142 Å². The Morgan fingerprint density at radius 3 is 0.888 bits per heavy atom. The van der Waals surface area contributed by atoms with Crippen LogP contribution in [0.3, 0.4) is 0 Å². The average Bonchev–Trinajstić information content (AvgIpc) is 1.58. The minimum Gasteiger partial charge on any atom is -0.388 e. The van der Waals surface area contributed by atoms with Crippen LogP contribution in [0.25, 0.3) is 54.5 Å². The van der Waals surface area contributed by atoms with E-state index in [0.29, 0.717) is 103 Å². The van der Waals surface area contributed by atoms with Crippen molar-refractivity contribution in [2.24, 2.45) is 68.1 Å². The highest BCUT2D eigenvalue weighted by atomic mass is 35.5. The molecule has 7 amide bonds. The van der Waals surface area contributed by atoms with Crippen molar-refractivity contribution < 1.29 is 64.7 Å². The van der Waals surface area contributed by atoms with Gasteiger partial charge in [-0.25, -0.2) is 20.5 Å². The molecule has 0 radical (unpaired) electrons. The third-order valence-electron chi connectivity index (χ3n) is 29.3. The van der Waals surface area contributed by atoms with Gasteiger partial charge in [-0.3, -0.25) is 49.9 Å². The first-order valence-electron chi connectivity index (χ1n) is 45.9. The lowest BCUT2D eigenvalue weighted by Crippen LogP contribution is -2.48. The number of hydroxylamine groups is 2. The fourth-order valence-electron chi connectivity index (χ4n) is 20.2. The summed E-state index contributed by atoms with van der Waals surface area (Å²) in [5.41, 5.74) is 22.2. The van der Waals surface area contributed by atoms with Crippen LogP contribution >= 0.6 is 58.0 Å². The molecule has 18 N–H and O–H groups in total. The second kappa shape index (κ2) is 44.4. The molecule has 0 unspecified atom stereocenters. The lowest BCUT2D eigenvalue weighted by molar-refractivity contribution is -0.142. The van der Waals surface area contributed by atoms with E-state index in [2.05, 4.69) is 112 Å². The van der Waals surface area contributed by atoms with Gasteiger partial charge in [0.05, 0.1) is 108 Å². The molecule has 37 heteroatoms. The van der Waals surface area contributed by atoms with E-state index in [0.717, 1.165) is 152 Å². The number of rotatable bonds is 21. The third kappa shape index (κ3) is 23.7. The third-order valence-corrected chi connectivity index (χ3v) is 30.4. The van der Waals surface area contributed by atoms with Crippen LogP contribution in [0.15, 0.2) is 122 Å². The van der Waals surface area contributed by atoms with E-state index in [1.807, 2.05) is 96.4 Å². The molecule has 0 spiro atoms. The van der Waals surface area contributed by atoms with Crippen molar-refractivity contribution in [2.45, 2.75) is 197 Å². The number of carbonyl (C=O) groups is 5. The number of aromatic amines is 5. The van der Waals surface area contributed by atoms with Crippen LogP contribution in [0.5, 0.6) is 0 Å². The van der Waals surface area contributed by atoms with Gasteiger partial charge in [-0.2, -0.15) is 25.5 Å². The first-order valence-corrected chi connectivity index (χ1v) is 47.8. The molecule has 5 aromatic heterocycles. The average molecular weight is 1950 g/mol. The minimum absolute atomic E-state index is 0.00388. The number of hydrogen-bond donors (Lipinski definition) is 16. The van der Waals surface area contributed by atoms with Gasteiger partial charge in [-0.1, -0.05) is 158 Å². The molecule has 5 aliphatic heterocycles. The zero-order valence-corrected chi connectivity index (χ0v) is 81.9. The summed E-state index contributed by atoms with van der Waals surface area (Å²) >= 11 is 31.2. The number of aromatic nitrogens is 10. The second-order valence-corrected chi connectivity index (χ2v) is 41.6. The number of aliphatic hydroxyl groups is 6. The van der Waals surface area contributed by atoms with Crippen LogP contribution in [0, 0.1) is 56.7 Å². The van der Waals surface area contributed by atoms with Crippen LogP contribution < -0.4 is 22.4 Å². The number of hydrogen-bond acceptors (Lipinski definition) is 20. The monoisotopic (exact) mass is 1940 g/mol. The highest BCUT2D eigenvalue weighted by Crippen LogP contribution is 2.53. The maximum Gasteiger partial charge on any atom is 0.341 e. The Kier molecular flexibility index (Phi) is 34.3.